The number of aromatic nitrogens is 2. The standard InChI is InChI=1S/C19H18ClN3O2/c1-13-19(23-17-5-3-2-4-16(17)22-13)25-12-18(24)21-11-10-14-6-8-15(20)9-7-14/h2-9H,10-12H2,1H3,(H,21,24). The molecule has 0 bridgehead atoms. The molecule has 2 aromatic carbocycles. The van der Waals surface area contributed by atoms with E-state index in [2.05, 4.69) is 15.3 Å². The number of fused-ring (bicyclic) bond motifs is 1. The summed E-state index contributed by atoms with van der Waals surface area (Å²) < 4.78 is 5.52. The third-order valence-electron chi connectivity index (χ3n) is 3.69. The van der Waals surface area contributed by atoms with Crippen LogP contribution in [0.15, 0.2) is 48.5 Å². The summed E-state index contributed by atoms with van der Waals surface area (Å²) in [7, 11) is 0. The van der Waals surface area contributed by atoms with Crippen molar-refractivity contribution in [3.05, 3.63) is 64.8 Å². The second-order valence-electron chi connectivity index (χ2n) is 5.62. The van der Waals surface area contributed by atoms with Crippen molar-refractivity contribution in [2.45, 2.75) is 13.3 Å². The lowest BCUT2D eigenvalue weighted by atomic mass is 10.1. The number of aryl methyl sites for hydroxylation is 1. The van der Waals surface area contributed by atoms with Crippen LogP contribution in [0.2, 0.25) is 5.02 Å². The van der Waals surface area contributed by atoms with E-state index in [4.69, 9.17) is 16.3 Å². The Balaban J connectivity index is 1.50. The zero-order chi connectivity index (χ0) is 17.6. The van der Waals surface area contributed by atoms with Crippen LogP contribution in [0.3, 0.4) is 0 Å². The first kappa shape index (κ1) is 17.2. The lowest BCUT2D eigenvalue weighted by Gasteiger charge is -2.09. The summed E-state index contributed by atoms with van der Waals surface area (Å²) in [4.78, 5) is 20.8. The maximum absolute atomic E-state index is 11.9. The highest BCUT2D eigenvalue weighted by Gasteiger charge is 2.08. The molecule has 0 spiro atoms. The summed E-state index contributed by atoms with van der Waals surface area (Å²) >= 11 is 5.85. The number of halogens is 1. The van der Waals surface area contributed by atoms with Crippen molar-refractivity contribution in [3.8, 4) is 5.88 Å². The van der Waals surface area contributed by atoms with Gasteiger partial charge in [0, 0.05) is 11.6 Å². The van der Waals surface area contributed by atoms with Gasteiger partial charge < -0.3 is 10.1 Å². The molecule has 0 unspecified atom stereocenters. The fraction of sp³-hybridized carbons (Fsp3) is 0.211. The molecule has 1 amide bonds. The van der Waals surface area contributed by atoms with Gasteiger partial charge in [-0.25, -0.2) is 9.97 Å². The number of hydrogen-bond acceptors (Lipinski definition) is 4. The normalized spacial score (nSPS) is 10.6. The minimum absolute atomic E-state index is 0.0888. The summed E-state index contributed by atoms with van der Waals surface area (Å²) in [5.74, 6) is 0.190. The molecule has 6 heteroatoms. The van der Waals surface area contributed by atoms with Crippen molar-refractivity contribution in [3.63, 3.8) is 0 Å². The van der Waals surface area contributed by atoms with E-state index in [1.54, 1.807) is 0 Å². The zero-order valence-corrected chi connectivity index (χ0v) is 14.6. The summed E-state index contributed by atoms with van der Waals surface area (Å²) in [6, 6.07) is 15.1. The van der Waals surface area contributed by atoms with Gasteiger partial charge in [-0.15, -0.1) is 0 Å². The number of ether oxygens (including phenoxy) is 1. The Morgan fingerprint density at radius 2 is 1.76 bits per heavy atom. The third kappa shape index (κ3) is 4.67. The van der Waals surface area contributed by atoms with Gasteiger partial charge in [0.2, 0.25) is 5.88 Å². The third-order valence-corrected chi connectivity index (χ3v) is 3.94. The molecule has 0 radical (unpaired) electrons. The van der Waals surface area contributed by atoms with Crippen molar-refractivity contribution in [1.29, 1.82) is 0 Å². The fourth-order valence-electron chi connectivity index (χ4n) is 2.39. The fourth-order valence-corrected chi connectivity index (χ4v) is 2.52. The topological polar surface area (TPSA) is 64.1 Å². The number of carbonyl (C=O) groups excluding carboxylic acids is 1. The van der Waals surface area contributed by atoms with Gasteiger partial charge in [-0.05, 0) is 43.2 Å². The van der Waals surface area contributed by atoms with Gasteiger partial charge in [0.15, 0.2) is 6.61 Å². The molecule has 1 N–H and O–H groups in total. The number of amides is 1. The average Bonchev–Trinajstić information content (AvgIpc) is 2.61. The summed E-state index contributed by atoms with van der Waals surface area (Å²) in [6.07, 6.45) is 0.734. The number of benzene rings is 2. The number of hydrogen-bond donors (Lipinski definition) is 1. The van der Waals surface area contributed by atoms with Gasteiger partial charge >= 0.3 is 0 Å². The van der Waals surface area contributed by atoms with Crippen molar-refractivity contribution in [2.75, 3.05) is 13.2 Å². The van der Waals surface area contributed by atoms with Crippen LogP contribution >= 0.6 is 11.6 Å². The summed E-state index contributed by atoms with van der Waals surface area (Å²) in [6.45, 7) is 2.26. The Morgan fingerprint density at radius 3 is 2.48 bits per heavy atom. The van der Waals surface area contributed by atoms with Gasteiger partial charge in [0.1, 0.15) is 5.69 Å². The highest BCUT2D eigenvalue weighted by molar-refractivity contribution is 6.30. The lowest BCUT2D eigenvalue weighted by molar-refractivity contribution is -0.123. The van der Waals surface area contributed by atoms with E-state index in [0.717, 1.165) is 23.0 Å². The van der Waals surface area contributed by atoms with E-state index < -0.39 is 0 Å². The molecule has 0 atom stereocenters. The molecule has 3 aromatic rings. The molecule has 25 heavy (non-hydrogen) atoms. The molecule has 0 saturated carbocycles. The van der Waals surface area contributed by atoms with Crippen LogP contribution in [0.4, 0.5) is 0 Å². The van der Waals surface area contributed by atoms with Gasteiger partial charge in [-0.2, -0.15) is 0 Å². The van der Waals surface area contributed by atoms with Crippen LogP contribution in [-0.4, -0.2) is 29.0 Å². The Hall–Kier alpha value is -2.66. The van der Waals surface area contributed by atoms with Crippen molar-refractivity contribution >= 4 is 28.5 Å². The van der Waals surface area contributed by atoms with Crippen LogP contribution in [0, 0.1) is 6.92 Å². The molecule has 3 rings (SSSR count). The maximum Gasteiger partial charge on any atom is 0.258 e. The maximum atomic E-state index is 11.9. The Kier molecular flexibility index (Phi) is 5.46. The van der Waals surface area contributed by atoms with E-state index in [-0.39, 0.29) is 12.5 Å². The lowest BCUT2D eigenvalue weighted by Crippen LogP contribution is -2.30. The second-order valence-corrected chi connectivity index (χ2v) is 6.05. The van der Waals surface area contributed by atoms with Crippen molar-refractivity contribution in [1.82, 2.24) is 15.3 Å². The minimum Gasteiger partial charge on any atom is -0.466 e. The van der Waals surface area contributed by atoms with Gasteiger partial charge in [0.05, 0.1) is 11.0 Å². The van der Waals surface area contributed by atoms with Crippen molar-refractivity contribution in [2.24, 2.45) is 0 Å². The van der Waals surface area contributed by atoms with E-state index >= 15 is 0 Å². The molecule has 0 fully saturated rings. The Labute approximate surface area is 151 Å². The summed E-state index contributed by atoms with van der Waals surface area (Å²) in [5, 5.41) is 3.53. The molecule has 128 valence electrons. The smallest absolute Gasteiger partial charge is 0.258 e. The first-order valence-corrected chi connectivity index (χ1v) is 8.37. The number of rotatable bonds is 6. The van der Waals surface area contributed by atoms with Gasteiger partial charge in [0.25, 0.3) is 5.91 Å². The molecular weight excluding hydrogens is 338 g/mol. The molecule has 1 aromatic heterocycles. The van der Waals surface area contributed by atoms with E-state index in [1.165, 1.54) is 0 Å². The predicted octanol–water partition coefficient (Wildman–Crippen LogP) is 3.33. The number of nitrogens with one attached hydrogen (secondary N) is 1. The molecule has 0 aliphatic rings. The molecule has 0 aliphatic heterocycles. The first-order chi connectivity index (χ1) is 12.1. The minimum atomic E-state index is -0.191. The van der Waals surface area contributed by atoms with Crippen LogP contribution in [0.5, 0.6) is 5.88 Å². The number of carbonyl (C=O) groups is 1. The van der Waals surface area contributed by atoms with E-state index in [9.17, 15) is 4.79 Å². The largest absolute Gasteiger partial charge is 0.466 e. The molecule has 0 aliphatic carbocycles. The SMILES string of the molecule is Cc1nc2ccccc2nc1OCC(=O)NCCc1ccc(Cl)cc1. The van der Waals surface area contributed by atoms with Crippen molar-refractivity contribution < 1.29 is 9.53 Å². The summed E-state index contributed by atoms with van der Waals surface area (Å²) in [5.41, 5.74) is 3.32. The first-order valence-electron chi connectivity index (χ1n) is 7.99. The number of para-hydroxylation sites is 2. The van der Waals surface area contributed by atoms with E-state index in [1.807, 2.05) is 55.5 Å². The molecule has 5 nitrogen and oxygen atoms in total. The quantitative estimate of drug-likeness (QED) is 0.736. The second kappa shape index (κ2) is 7.94. The van der Waals surface area contributed by atoms with E-state index in [0.29, 0.717) is 23.1 Å². The highest BCUT2D eigenvalue weighted by Crippen LogP contribution is 2.17. The van der Waals surface area contributed by atoms with Crippen LogP contribution < -0.4 is 10.1 Å². The van der Waals surface area contributed by atoms with Gasteiger partial charge in [-0.3, -0.25) is 4.79 Å². The zero-order valence-electron chi connectivity index (χ0n) is 13.8. The van der Waals surface area contributed by atoms with Crippen LogP contribution in [0.1, 0.15) is 11.3 Å². The molecule has 0 saturated heterocycles. The Morgan fingerprint density at radius 1 is 1.08 bits per heavy atom. The predicted molar refractivity (Wildman–Crippen MR) is 97.9 cm³/mol. The number of nitrogens with zero attached hydrogens (tertiary/aromatic N) is 2. The monoisotopic (exact) mass is 355 g/mol. The van der Waals surface area contributed by atoms with Crippen LogP contribution in [0.25, 0.3) is 11.0 Å². The molecule has 1 heterocycles. The van der Waals surface area contributed by atoms with Crippen LogP contribution in [-0.2, 0) is 11.2 Å². The Bertz CT molecular complexity index is 881. The average molecular weight is 356 g/mol. The van der Waals surface area contributed by atoms with Gasteiger partial charge in [-0.1, -0.05) is 35.9 Å². The highest BCUT2D eigenvalue weighted by atomic mass is 35.5. The molecular formula is C19H18ClN3O2.